The summed E-state index contributed by atoms with van der Waals surface area (Å²) in [6, 6.07) is 12.3. The second-order valence-corrected chi connectivity index (χ2v) is 25.8. The van der Waals surface area contributed by atoms with Gasteiger partial charge in [0.05, 0.1) is 25.7 Å². The molecule has 6 nitrogen and oxygen atoms in total. The Balaban J connectivity index is 0.000000203. The summed E-state index contributed by atoms with van der Waals surface area (Å²) in [6.45, 7) is 8.60. The van der Waals surface area contributed by atoms with E-state index in [0.29, 0.717) is 35.7 Å². The summed E-state index contributed by atoms with van der Waals surface area (Å²) in [5.74, 6) is 5.84. The van der Waals surface area contributed by atoms with Crippen LogP contribution in [-0.2, 0) is 28.1 Å². The molecule has 289 valence electrons. The largest absolute Gasteiger partial charge is 0.497 e. The van der Waals surface area contributed by atoms with Crippen LogP contribution in [0.1, 0.15) is 103 Å². The number of benzene rings is 2. The number of hydrogen-bond donors (Lipinski definition) is 0. The summed E-state index contributed by atoms with van der Waals surface area (Å²) in [4.78, 5) is 28.4. The third kappa shape index (κ3) is 9.32. The van der Waals surface area contributed by atoms with Crippen LogP contribution in [-0.4, -0.2) is 37.9 Å². The van der Waals surface area contributed by atoms with Gasteiger partial charge in [-0.2, -0.15) is 0 Å². The van der Waals surface area contributed by atoms with E-state index >= 15 is 0 Å². The molecular weight excluding hydrogens is 1160 g/mol. The second-order valence-electron chi connectivity index (χ2n) is 15.0. The van der Waals surface area contributed by atoms with Crippen molar-refractivity contribution in [2.75, 3.05) is 14.2 Å². The fourth-order valence-electron chi connectivity index (χ4n) is 9.83. The predicted molar refractivity (Wildman–Crippen MR) is 244 cm³/mol. The van der Waals surface area contributed by atoms with Gasteiger partial charge in [0.25, 0.3) is 0 Å². The summed E-state index contributed by atoms with van der Waals surface area (Å²) in [5, 5.41) is 0. The van der Waals surface area contributed by atoms with Crippen LogP contribution in [0.25, 0.3) is 5.57 Å². The van der Waals surface area contributed by atoms with Crippen LogP contribution >= 0.6 is 90.4 Å². The van der Waals surface area contributed by atoms with Crippen molar-refractivity contribution < 1.29 is 47.1 Å². The van der Waals surface area contributed by atoms with Gasteiger partial charge in [-0.3, -0.25) is 14.5 Å². The van der Waals surface area contributed by atoms with Crippen molar-refractivity contribution in [1.29, 1.82) is 0 Å². The molecule has 2 aromatic rings. The molecule has 0 aromatic heterocycles. The molecule has 0 N–H and O–H groups in total. The number of allylic oxidation sites excluding steroid dienone is 2. The van der Waals surface area contributed by atoms with Gasteiger partial charge in [0.2, 0.25) is 0 Å². The zero-order valence-corrected chi connectivity index (χ0v) is 41.5. The molecule has 2 fully saturated rings. The fraction of sp³-hybridized carbons (Fsp3) is 0.548. The van der Waals surface area contributed by atoms with Crippen molar-refractivity contribution in [2.24, 2.45) is 22.7 Å². The van der Waals surface area contributed by atoms with Gasteiger partial charge in [-0.25, -0.2) is 0 Å². The molecule has 0 saturated heterocycles. The second kappa shape index (κ2) is 19.6. The number of carbonyl (C=O) groups is 2. The molecule has 2 heterocycles. The minimum absolute atomic E-state index is 0. The topological polar surface area (TPSA) is 71.1 Å². The number of alkyl halides is 3. The van der Waals surface area contributed by atoms with Gasteiger partial charge in [0.15, 0.2) is 0 Å². The molecule has 0 bridgehead atoms. The molecule has 0 unspecified atom stereocenters. The minimum Gasteiger partial charge on any atom is -0.497 e. The summed E-state index contributed by atoms with van der Waals surface area (Å²) >= 11 is 8.85. The van der Waals surface area contributed by atoms with Crippen LogP contribution < -0.4 is 18.9 Å². The summed E-state index contributed by atoms with van der Waals surface area (Å²) in [5.41, 5.74) is 5.82. The third-order valence-electron chi connectivity index (χ3n) is 12.4. The smallest absolute Gasteiger partial charge is 0.143 e. The van der Waals surface area contributed by atoms with E-state index < -0.39 is 0 Å². The van der Waals surface area contributed by atoms with Crippen molar-refractivity contribution >= 4 is 108 Å². The monoisotopic (exact) mass is 1210 g/mol. The first-order chi connectivity index (χ1) is 24.8. The molecule has 7 atom stereocenters. The van der Waals surface area contributed by atoms with E-state index in [9.17, 15) is 9.59 Å². The van der Waals surface area contributed by atoms with Crippen molar-refractivity contribution in [3.05, 3.63) is 69.7 Å². The first kappa shape index (κ1) is 45.7. The molecule has 6 aliphatic rings. The average Bonchev–Trinajstić information content (AvgIpc) is 3.13. The summed E-state index contributed by atoms with van der Waals surface area (Å²) in [6.07, 6.45) is 10.9. The fourth-order valence-corrected chi connectivity index (χ4v) is 9.83. The third-order valence-corrected chi connectivity index (χ3v) is 12.4. The molecule has 4 aliphatic carbocycles. The van der Waals surface area contributed by atoms with E-state index in [1.165, 1.54) is 28.7 Å². The molecule has 2 saturated carbocycles. The normalized spacial score (nSPS) is 30.3. The average molecular weight is 1210 g/mol. The number of ether oxygens (including phenoxy) is 4. The van der Waals surface area contributed by atoms with Gasteiger partial charge in [-0.1, -0.05) is 86.8 Å². The predicted octanol–water partition coefficient (Wildman–Crippen LogP) is 12.4. The van der Waals surface area contributed by atoms with Crippen LogP contribution in [0.3, 0.4) is 0 Å². The van der Waals surface area contributed by atoms with Crippen LogP contribution in [0.2, 0.25) is 0 Å². The van der Waals surface area contributed by atoms with Crippen molar-refractivity contribution in [3.63, 3.8) is 0 Å². The van der Waals surface area contributed by atoms with E-state index in [2.05, 4.69) is 119 Å². The first-order valence-corrected chi connectivity index (χ1v) is 23.5. The summed E-state index contributed by atoms with van der Waals surface area (Å²) < 4.78 is 23.9. The maximum Gasteiger partial charge on any atom is 0.143 e. The van der Waals surface area contributed by atoms with Crippen LogP contribution in [0.4, 0.5) is 0 Å². The Bertz CT molecular complexity index is 1710. The molecule has 2 aromatic carbocycles. The van der Waals surface area contributed by atoms with E-state index in [1.807, 2.05) is 46.9 Å². The number of fused-ring (bicyclic) bond motifs is 9. The Morgan fingerprint density at radius 1 is 0.849 bits per heavy atom. The van der Waals surface area contributed by atoms with Gasteiger partial charge in [-0.15, -0.1) is 0 Å². The number of rotatable bonds is 2. The van der Waals surface area contributed by atoms with E-state index in [-0.39, 0.29) is 41.6 Å². The number of halogens is 4. The molecule has 2 aliphatic heterocycles. The van der Waals surface area contributed by atoms with Crippen LogP contribution in [0, 0.1) is 27.6 Å². The standard InChI is InChI=1S/C20H26O3.C20H22O3.CHI3.CH2I.V/c2*1-12-19-15(14-8-7-13(22-3)11-17(14)23-12)9-10-20(2)16(19)5-4-6-18(20)21;2-1(3)4;1-2;/h7-8,11-12,15-16,19H,4-6,9-10H2,1-3H3;5,7-8,11-12H,4,6,9-10H2,1-3H3;1H;1H2;/q;;;-1;/t12-,15-,16+,19+,20+;12-,20+;;;/m11.../s1. The maximum absolute atomic E-state index is 12.6. The zero-order valence-electron chi connectivity index (χ0n) is 31.5. The molecule has 11 heteroatoms. The Kier molecular flexibility index (Phi) is 16.9. The first-order valence-electron chi connectivity index (χ1n) is 18.2. The SMILES string of the molecule is COc1ccc2c(c1)O[C@H](C)C1=C2CC[C@]2(C)C(=O)CCC=C12.COc1ccc2c(c1)O[C@H](C)[C@H]1[C@@H]2CC[C@]2(C)C(=O)CCC[C@@H]12.IC(I)I.[CH2-]I.[V]. The Labute approximate surface area is 383 Å². The Morgan fingerprint density at radius 3 is 2.15 bits per heavy atom. The Hall–Kier alpha value is -0.0356. The van der Waals surface area contributed by atoms with Gasteiger partial charge < -0.3 is 41.5 Å². The number of ketones is 2. The molecule has 0 amide bonds. The van der Waals surface area contributed by atoms with Crippen LogP contribution in [0.15, 0.2) is 53.6 Å². The van der Waals surface area contributed by atoms with E-state index in [1.54, 1.807) is 14.2 Å². The number of methoxy groups -OCH3 is 2. The van der Waals surface area contributed by atoms with Crippen LogP contribution in [0.5, 0.6) is 23.0 Å². The minimum atomic E-state index is -0.321. The molecular formula is C42H51I4O6V-. The van der Waals surface area contributed by atoms with E-state index in [4.69, 9.17) is 18.9 Å². The maximum atomic E-state index is 12.6. The number of carbonyl (C=O) groups excluding carboxylic acids is 2. The number of hydrogen-bond acceptors (Lipinski definition) is 6. The van der Waals surface area contributed by atoms with E-state index in [0.717, 1.165) is 73.4 Å². The molecule has 8 rings (SSSR count). The van der Waals surface area contributed by atoms with Gasteiger partial charge >= 0.3 is 0 Å². The van der Waals surface area contributed by atoms with Gasteiger partial charge in [0, 0.05) is 60.4 Å². The molecule has 0 spiro atoms. The number of Topliss-reactive ketones (excluding diaryl/α,β-unsaturated/α-hetero) is 2. The Morgan fingerprint density at radius 2 is 1.49 bits per heavy atom. The zero-order chi connectivity index (χ0) is 38.0. The molecule has 53 heavy (non-hydrogen) atoms. The van der Waals surface area contributed by atoms with Crippen molar-refractivity contribution in [3.8, 4) is 23.0 Å². The van der Waals surface area contributed by atoms with Crippen molar-refractivity contribution in [1.82, 2.24) is 0 Å². The van der Waals surface area contributed by atoms with Gasteiger partial charge in [-0.05, 0) is 118 Å². The summed E-state index contributed by atoms with van der Waals surface area (Å²) in [7, 11) is 3.36. The van der Waals surface area contributed by atoms with Crippen molar-refractivity contribution in [2.45, 2.75) is 104 Å². The van der Waals surface area contributed by atoms with Gasteiger partial charge in [0.1, 0.15) is 40.6 Å². The quantitative estimate of drug-likeness (QED) is 0.170. The molecule has 1 radical (unpaired) electrons.